The van der Waals surface area contributed by atoms with Crippen LogP contribution in [0.3, 0.4) is 0 Å². The van der Waals surface area contributed by atoms with Crippen LogP contribution in [0.1, 0.15) is 11.3 Å². The highest BCUT2D eigenvalue weighted by Gasteiger charge is 2.16. The predicted octanol–water partition coefficient (Wildman–Crippen LogP) is 0.873. The van der Waals surface area contributed by atoms with Gasteiger partial charge >= 0.3 is 0 Å². The molecule has 7 heteroatoms. The van der Waals surface area contributed by atoms with Gasteiger partial charge in [-0.3, -0.25) is 9.40 Å². The maximum atomic E-state index is 12.3. The second-order valence-corrected chi connectivity index (χ2v) is 6.07. The molecule has 0 amide bonds. The Morgan fingerprint density at radius 3 is 2.76 bits per heavy atom. The third-order valence-electron chi connectivity index (χ3n) is 2.70. The van der Waals surface area contributed by atoms with Gasteiger partial charge in [0.1, 0.15) is 12.4 Å². The quantitative estimate of drug-likeness (QED) is 0.824. The van der Waals surface area contributed by atoms with Crippen LogP contribution in [-0.2, 0) is 17.1 Å². The van der Waals surface area contributed by atoms with Gasteiger partial charge in [0.05, 0.1) is 10.6 Å². The lowest BCUT2D eigenvalue weighted by atomic mass is 10.2. The van der Waals surface area contributed by atoms with Gasteiger partial charge in [0.2, 0.25) is 0 Å². The number of sulfonamides is 1. The predicted molar refractivity (Wildman–Crippen MR) is 79.2 cm³/mol. The summed E-state index contributed by atoms with van der Waals surface area (Å²) < 4.78 is 28.6. The normalized spacial score (nSPS) is 10.8. The molecule has 0 spiro atoms. The average Bonchev–Trinajstić information content (AvgIpc) is 2.74. The van der Waals surface area contributed by atoms with Gasteiger partial charge in [-0.05, 0) is 25.1 Å². The van der Waals surface area contributed by atoms with Gasteiger partial charge in [-0.1, -0.05) is 17.9 Å². The molecule has 0 bridgehead atoms. The molecule has 0 aliphatic rings. The second kappa shape index (κ2) is 5.99. The van der Waals surface area contributed by atoms with E-state index < -0.39 is 10.0 Å². The van der Waals surface area contributed by atoms with Gasteiger partial charge in [0.25, 0.3) is 10.0 Å². The standard InChI is InChI=1S/C14H15N3O3S/c1-11-9-14(17(2)15-11)16-21(19,20)13-7-3-5-12(10-13)6-4-8-18/h3,5,7,9-10,16,18H,8H2,1-2H3. The van der Waals surface area contributed by atoms with Crippen LogP contribution in [0.4, 0.5) is 5.82 Å². The van der Waals surface area contributed by atoms with Crippen molar-refractivity contribution in [2.45, 2.75) is 11.8 Å². The lowest BCUT2D eigenvalue weighted by Gasteiger charge is -2.08. The summed E-state index contributed by atoms with van der Waals surface area (Å²) in [5.74, 6) is 5.55. The Bertz CT molecular complexity index is 813. The van der Waals surface area contributed by atoms with E-state index >= 15 is 0 Å². The number of aryl methyl sites for hydroxylation is 2. The SMILES string of the molecule is Cc1cc(NS(=O)(=O)c2cccc(C#CCO)c2)n(C)n1. The minimum atomic E-state index is -3.71. The number of aliphatic hydroxyl groups excluding tert-OH is 1. The number of rotatable bonds is 3. The molecular weight excluding hydrogens is 290 g/mol. The van der Waals surface area contributed by atoms with Crippen LogP contribution in [-0.4, -0.2) is 29.9 Å². The van der Waals surface area contributed by atoms with Crippen molar-refractivity contribution in [2.24, 2.45) is 7.05 Å². The molecule has 0 saturated carbocycles. The number of hydrogen-bond acceptors (Lipinski definition) is 4. The summed E-state index contributed by atoms with van der Waals surface area (Å²) >= 11 is 0. The number of aromatic nitrogens is 2. The molecular formula is C14H15N3O3S. The molecule has 6 nitrogen and oxygen atoms in total. The Kier molecular flexibility index (Phi) is 4.31. The van der Waals surface area contributed by atoms with Crippen LogP contribution in [0.25, 0.3) is 0 Å². The lowest BCUT2D eigenvalue weighted by Crippen LogP contribution is -2.15. The van der Waals surface area contributed by atoms with Crippen LogP contribution in [0.15, 0.2) is 35.2 Å². The van der Waals surface area contributed by atoms with Crippen molar-refractivity contribution in [2.75, 3.05) is 11.3 Å². The van der Waals surface area contributed by atoms with Crippen molar-refractivity contribution in [3.8, 4) is 11.8 Å². The third kappa shape index (κ3) is 3.62. The van der Waals surface area contributed by atoms with Crippen LogP contribution in [0.2, 0.25) is 0 Å². The Morgan fingerprint density at radius 2 is 2.14 bits per heavy atom. The molecule has 0 aliphatic heterocycles. The Balaban J connectivity index is 2.33. The monoisotopic (exact) mass is 305 g/mol. The Hall–Kier alpha value is -2.30. The molecule has 0 aliphatic carbocycles. The maximum Gasteiger partial charge on any atom is 0.263 e. The Morgan fingerprint density at radius 1 is 1.38 bits per heavy atom. The highest BCUT2D eigenvalue weighted by atomic mass is 32.2. The smallest absolute Gasteiger partial charge is 0.263 e. The molecule has 1 aromatic carbocycles. The Labute approximate surface area is 123 Å². The number of aliphatic hydroxyl groups is 1. The first kappa shape index (κ1) is 15.1. The van der Waals surface area contributed by atoms with Crippen LogP contribution < -0.4 is 4.72 Å². The number of benzene rings is 1. The van der Waals surface area contributed by atoms with E-state index in [1.807, 2.05) is 0 Å². The number of hydrogen-bond donors (Lipinski definition) is 2. The van der Waals surface area contributed by atoms with E-state index in [0.29, 0.717) is 11.4 Å². The number of nitrogens with one attached hydrogen (secondary N) is 1. The molecule has 0 atom stereocenters. The summed E-state index contributed by atoms with van der Waals surface area (Å²) in [5.41, 5.74) is 1.24. The van der Waals surface area contributed by atoms with E-state index in [-0.39, 0.29) is 11.5 Å². The molecule has 2 N–H and O–H groups in total. The van der Waals surface area contributed by atoms with E-state index in [4.69, 9.17) is 5.11 Å². The highest BCUT2D eigenvalue weighted by molar-refractivity contribution is 7.92. The van der Waals surface area contributed by atoms with Crippen LogP contribution in [0, 0.1) is 18.8 Å². The summed E-state index contributed by atoms with van der Waals surface area (Å²) in [4.78, 5) is 0.103. The first-order valence-corrected chi connectivity index (χ1v) is 7.64. The van der Waals surface area contributed by atoms with Crippen molar-refractivity contribution in [1.82, 2.24) is 9.78 Å². The van der Waals surface area contributed by atoms with Gasteiger partial charge < -0.3 is 5.11 Å². The minimum absolute atomic E-state index is 0.103. The fourth-order valence-corrected chi connectivity index (χ4v) is 2.91. The fraction of sp³-hybridized carbons (Fsp3) is 0.214. The second-order valence-electron chi connectivity index (χ2n) is 4.39. The molecule has 21 heavy (non-hydrogen) atoms. The molecule has 1 heterocycles. The largest absolute Gasteiger partial charge is 0.384 e. The van der Waals surface area contributed by atoms with E-state index in [1.54, 1.807) is 32.2 Å². The summed E-state index contributed by atoms with van der Waals surface area (Å²) in [5, 5.41) is 12.8. The van der Waals surface area contributed by atoms with E-state index in [1.165, 1.54) is 16.8 Å². The topological polar surface area (TPSA) is 84.2 Å². The zero-order chi connectivity index (χ0) is 15.5. The molecule has 110 valence electrons. The van der Waals surface area contributed by atoms with E-state index in [9.17, 15) is 8.42 Å². The molecule has 0 radical (unpaired) electrons. The maximum absolute atomic E-state index is 12.3. The van der Waals surface area contributed by atoms with E-state index in [0.717, 1.165) is 5.69 Å². The van der Waals surface area contributed by atoms with Gasteiger partial charge in [-0.15, -0.1) is 0 Å². The first-order chi connectivity index (χ1) is 9.92. The summed E-state index contributed by atoms with van der Waals surface area (Å²) in [6.45, 7) is 1.51. The third-order valence-corrected chi connectivity index (χ3v) is 4.05. The van der Waals surface area contributed by atoms with Crippen LogP contribution in [0.5, 0.6) is 0 Å². The van der Waals surface area contributed by atoms with Crippen LogP contribution >= 0.6 is 0 Å². The molecule has 1 aromatic heterocycles. The van der Waals surface area contributed by atoms with Gasteiger partial charge in [-0.25, -0.2) is 8.42 Å². The van der Waals surface area contributed by atoms with Crippen molar-refractivity contribution >= 4 is 15.8 Å². The summed E-state index contributed by atoms with van der Waals surface area (Å²) in [6.07, 6.45) is 0. The fourth-order valence-electron chi connectivity index (χ4n) is 1.79. The molecule has 0 saturated heterocycles. The molecule has 2 aromatic rings. The average molecular weight is 305 g/mol. The van der Waals surface area contributed by atoms with Gasteiger partial charge in [0, 0.05) is 18.7 Å². The van der Waals surface area contributed by atoms with Gasteiger partial charge in [-0.2, -0.15) is 5.10 Å². The molecule has 0 fully saturated rings. The number of nitrogens with zero attached hydrogens (tertiary/aromatic N) is 2. The minimum Gasteiger partial charge on any atom is -0.384 e. The first-order valence-electron chi connectivity index (χ1n) is 6.15. The lowest BCUT2D eigenvalue weighted by molar-refractivity contribution is 0.350. The van der Waals surface area contributed by atoms with Gasteiger partial charge in [0.15, 0.2) is 0 Å². The van der Waals surface area contributed by atoms with Crippen molar-refractivity contribution < 1.29 is 13.5 Å². The highest BCUT2D eigenvalue weighted by Crippen LogP contribution is 2.17. The van der Waals surface area contributed by atoms with Crippen molar-refractivity contribution in [1.29, 1.82) is 0 Å². The zero-order valence-electron chi connectivity index (χ0n) is 11.7. The summed E-state index contributed by atoms with van der Waals surface area (Å²) in [7, 11) is -2.05. The number of anilines is 1. The van der Waals surface area contributed by atoms with E-state index in [2.05, 4.69) is 21.7 Å². The van der Waals surface area contributed by atoms with Crippen molar-refractivity contribution in [3.05, 3.63) is 41.6 Å². The zero-order valence-corrected chi connectivity index (χ0v) is 12.5. The summed E-state index contributed by atoms with van der Waals surface area (Å²) in [6, 6.07) is 7.86. The van der Waals surface area contributed by atoms with Crippen molar-refractivity contribution in [3.63, 3.8) is 0 Å². The molecule has 2 rings (SSSR count). The molecule has 0 unspecified atom stereocenters.